The first-order chi connectivity index (χ1) is 16.8. The van der Waals surface area contributed by atoms with Crippen molar-refractivity contribution in [1.82, 2.24) is 14.5 Å². The molecule has 0 aliphatic rings. The molecule has 0 aliphatic heterocycles. The zero-order chi connectivity index (χ0) is 25.1. The lowest BCUT2D eigenvalue weighted by Gasteiger charge is -2.06. The molecule has 11 nitrogen and oxygen atoms in total. The Morgan fingerprint density at radius 3 is 2.91 bits per heavy atom. The number of nitro benzene ring substituents is 1. The second-order valence-corrected chi connectivity index (χ2v) is 9.04. The van der Waals surface area contributed by atoms with Gasteiger partial charge in [-0.05, 0) is 12.5 Å². The van der Waals surface area contributed by atoms with Gasteiger partial charge in [0.25, 0.3) is 11.2 Å². The Labute approximate surface area is 205 Å². The third-order valence-corrected chi connectivity index (χ3v) is 6.74. The Bertz CT molecular complexity index is 1540. The summed E-state index contributed by atoms with van der Waals surface area (Å²) in [5.74, 6) is -1.11. The predicted molar refractivity (Wildman–Crippen MR) is 132 cm³/mol. The van der Waals surface area contributed by atoms with Gasteiger partial charge in [0.2, 0.25) is 5.91 Å². The molecule has 0 unspecified atom stereocenters. The van der Waals surface area contributed by atoms with Gasteiger partial charge in [0.05, 0.1) is 22.3 Å². The number of nitro groups is 1. The minimum Gasteiger partial charge on any atom is -0.457 e. The number of rotatable bonds is 8. The van der Waals surface area contributed by atoms with Gasteiger partial charge in [-0.2, -0.15) is 0 Å². The lowest BCUT2D eigenvalue weighted by atomic mass is 10.1. The number of carbonyl (C=O) groups is 2. The normalized spacial score (nSPS) is 10.8. The molecule has 0 radical (unpaired) electrons. The van der Waals surface area contributed by atoms with Crippen LogP contribution in [0.15, 0.2) is 53.4 Å². The molecular formula is C22H17N5O6S2. The van der Waals surface area contributed by atoms with E-state index < -0.39 is 22.4 Å². The molecule has 1 amide bonds. The molecule has 0 bridgehead atoms. The lowest BCUT2D eigenvalue weighted by Crippen LogP contribution is -2.27. The van der Waals surface area contributed by atoms with Crippen LogP contribution in [-0.2, 0) is 16.1 Å². The molecule has 0 spiro atoms. The molecule has 0 saturated carbocycles. The fourth-order valence-corrected chi connectivity index (χ4v) is 5.02. The van der Waals surface area contributed by atoms with E-state index in [-0.39, 0.29) is 34.2 Å². The number of nitrogens with zero attached hydrogens (tertiary/aromatic N) is 4. The van der Waals surface area contributed by atoms with Gasteiger partial charge in [0, 0.05) is 23.1 Å². The Morgan fingerprint density at radius 2 is 2.17 bits per heavy atom. The van der Waals surface area contributed by atoms with Crippen molar-refractivity contribution in [2.45, 2.75) is 13.5 Å². The molecule has 178 valence electrons. The number of fused-ring (bicyclic) bond motifs is 1. The van der Waals surface area contributed by atoms with Crippen molar-refractivity contribution < 1.29 is 19.2 Å². The van der Waals surface area contributed by atoms with Crippen LogP contribution in [0.1, 0.15) is 15.4 Å². The van der Waals surface area contributed by atoms with E-state index >= 15 is 0 Å². The number of thiophene rings is 1. The zero-order valence-corrected chi connectivity index (χ0v) is 19.9. The number of nitrogens with one attached hydrogen (secondary N) is 1. The highest BCUT2D eigenvalue weighted by atomic mass is 32.1. The van der Waals surface area contributed by atoms with Crippen molar-refractivity contribution >= 4 is 55.6 Å². The van der Waals surface area contributed by atoms with Crippen LogP contribution in [0.4, 0.5) is 10.8 Å². The summed E-state index contributed by atoms with van der Waals surface area (Å²) < 4.78 is 6.14. The molecule has 4 aromatic rings. The number of aryl methyl sites for hydroxylation is 1. The van der Waals surface area contributed by atoms with Crippen LogP contribution < -0.4 is 10.9 Å². The van der Waals surface area contributed by atoms with E-state index in [0.717, 1.165) is 15.9 Å². The zero-order valence-electron chi connectivity index (χ0n) is 18.2. The third-order valence-electron chi connectivity index (χ3n) is 4.80. The van der Waals surface area contributed by atoms with Crippen LogP contribution in [0.3, 0.4) is 0 Å². The summed E-state index contributed by atoms with van der Waals surface area (Å²) in [7, 11) is 0. The highest BCUT2D eigenvalue weighted by Crippen LogP contribution is 2.32. The van der Waals surface area contributed by atoms with Crippen molar-refractivity contribution in [3.05, 3.63) is 79.7 Å². The Hall–Kier alpha value is -4.23. The van der Waals surface area contributed by atoms with E-state index in [0.29, 0.717) is 21.7 Å². The Balaban J connectivity index is 1.58. The van der Waals surface area contributed by atoms with Crippen LogP contribution in [0.5, 0.6) is 0 Å². The maximum Gasteiger partial charge on any atom is 0.350 e. The number of esters is 1. The number of benzene rings is 1. The van der Waals surface area contributed by atoms with Gasteiger partial charge in [-0.15, -0.1) is 11.3 Å². The minimum absolute atomic E-state index is 0.0527. The van der Waals surface area contributed by atoms with Gasteiger partial charge in [-0.25, -0.2) is 14.8 Å². The van der Waals surface area contributed by atoms with Crippen LogP contribution >= 0.6 is 22.7 Å². The largest absolute Gasteiger partial charge is 0.457 e. The summed E-state index contributed by atoms with van der Waals surface area (Å²) >= 11 is 2.19. The Morgan fingerprint density at radius 1 is 1.37 bits per heavy atom. The first-order valence-corrected chi connectivity index (χ1v) is 11.7. The summed E-state index contributed by atoms with van der Waals surface area (Å²) in [5, 5.41) is 15.9. The second kappa shape index (κ2) is 9.95. The molecule has 3 aromatic heterocycles. The molecule has 0 aliphatic carbocycles. The molecule has 1 aromatic carbocycles. The number of ether oxygens (including phenoxy) is 1. The van der Waals surface area contributed by atoms with Crippen LogP contribution in [0, 0.1) is 17.0 Å². The smallest absolute Gasteiger partial charge is 0.350 e. The maximum atomic E-state index is 13.2. The van der Waals surface area contributed by atoms with Gasteiger partial charge in [-0.3, -0.25) is 24.3 Å². The van der Waals surface area contributed by atoms with Gasteiger partial charge >= 0.3 is 5.97 Å². The van der Waals surface area contributed by atoms with Crippen molar-refractivity contribution in [2.75, 3.05) is 11.9 Å². The lowest BCUT2D eigenvalue weighted by molar-refractivity contribution is -0.384. The highest BCUT2D eigenvalue weighted by molar-refractivity contribution is 7.17. The van der Waals surface area contributed by atoms with Crippen LogP contribution in [-0.4, -0.2) is 37.9 Å². The average molecular weight is 512 g/mol. The van der Waals surface area contributed by atoms with Crippen LogP contribution in [0.25, 0.3) is 21.3 Å². The molecule has 4 rings (SSSR count). The van der Waals surface area contributed by atoms with Crippen LogP contribution in [0.2, 0.25) is 0 Å². The third kappa shape index (κ3) is 5.00. The Kier molecular flexibility index (Phi) is 6.80. The van der Waals surface area contributed by atoms with Crippen molar-refractivity contribution in [3.63, 3.8) is 0 Å². The van der Waals surface area contributed by atoms with Crippen molar-refractivity contribution in [2.24, 2.45) is 0 Å². The van der Waals surface area contributed by atoms with Gasteiger partial charge in [0.15, 0.2) is 5.13 Å². The highest BCUT2D eigenvalue weighted by Gasteiger charge is 2.19. The molecule has 0 atom stereocenters. The average Bonchev–Trinajstić information content (AvgIpc) is 3.43. The van der Waals surface area contributed by atoms with Gasteiger partial charge in [0.1, 0.15) is 22.9 Å². The summed E-state index contributed by atoms with van der Waals surface area (Å²) in [6, 6.07) is 5.95. The standard InChI is InChI=1S/C22H17N5O6S2/c1-3-7-33-21(30)18-12(2)24-22(35-18)25-16(28)9-26-11-23-19-17(20(26)29)15(10-34-19)13-5-4-6-14(8-13)27(31)32/h3-6,8,10-11H,1,7,9H2,2H3,(H,24,25,28). The van der Waals surface area contributed by atoms with E-state index in [1.165, 1.54) is 41.9 Å². The number of thiazole rings is 1. The maximum absolute atomic E-state index is 13.2. The number of aromatic nitrogens is 3. The van der Waals surface area contributed by atoms with Gasteiger partial charge in [-0.1, -0.05) is 36.1 Å². The summed E-state index contributed by atoms with van der Waals surface area (Å²) in [4.78, 5) is 57.6. The van der Waals surface area contributed by atoms with Crippen molar-refractivity contribution in [1.29, 1.82) is 0 Å². The second-order valence-electron chi connectivity index (χ2n) is 7.18. The predicted octanol–water partition coefficient (Wildman–Crippen LogP) is 3.78. The molecule has 13 heteroatoms. The molecule has 35 heavy (non-hydrogen) atoms. The number of non-ortho nitro benzene ring substituents is 1. The first kappa shape index (κ1) is 23.9. The molecule has 0 saturated heterocycles. The SMILES string of the molecule is C=CCOC(=O)c1sc(NC(=O)Cn2cnc3scc(-c4cccc([N+](=O)[O-])c4)c3c2=O)nc1C. The van der Waals surface area contributed by atoms with E-state index in [1.54, 1.807) is 18.4 Å². The summed E-state index contributed by atoms with van der Waals surface area (Å²) in [5.41, 5.74) is 0.841. The molecular weight excluding hydrogens is 494 g/mol. The number of anilines is 1. The minimum atomic E-state index is -0.572. The van der Waals surface area contributed by atoms with Gasteiger partial charge < -0.3 is 10.1 Å². The first-order valence-electron chi connectivity index (χ1n) is 10.0. The summed E-state index contributed by atoms with van der Waals surface area (Å²) in [6.45, 7) is 4.81. The quantitative estimate of drug-likeness (QED) is 0.163. The van der Waals surface area contributed by atoms with E-state index in [9.17, 15) is 24.5 Å². The number of carbonyl (C=O) groups excluding carboxylic acids is 2. The fraction of sp³-hybridized carbons (Fsp3) is 0.136. The number of amides is 1. The van der Waals surface area contributed by atoms with E-state index in [1.807, 2.05) is 0 Å². The topological polar surface area (TPSA) is 146 Å². The molecule has 1 N–H and O–H groups in total. The van der Waals surface area contributed by atoms with E-state index in [4.69, 9.17) is 4.74 Å². The monoisotopic (exact) mass is 511 g/mol. The van der Waals surface area contributed by atoms with E-state index in [2.05, 4.69) is 21.9 Å². The number of hydrogen-bond donors (Lipinski definition) is 1. The van der Waals surface area contributed by atoms with Crippen molar-refractivity contribution in [3.8, 4) is 11.1 Å². The molecule has 3 heterocycles. The summed E-state index contributed by atoms with van der Waals surface area (Å²) in [6.07, 6.45) is 2.71. The fourth-order valence-electron chi connectivity index (χ4n) is 3.23. The number of hydrogen-bond acceptors (Lipinski definition) is 10. The molecule has 0 fully saturated rings.